The third-order valence-electron chi connectivity index (χ3n) is 12.9. The molecule has 3 aliphatic heterocycles. The van der Waals surface area contributed by atoms with Crippen LogP contribution < -0.4 is 0 Å². The molecule has 10 N–H and O–H groups in total. The molecule has 0 saturated carbocycles. The summed E-state index contributed by atoms with van der Waals surface area (Å²) in [5.74, 6) is -5.43. The second kappa shape index (κ2) is 26.4. The molecule has 3 saturated heterocycles. The molecule has 3 rings (SSSR count). The molecule has 382 valence electrons. The van der Waals surface area contributed by atoms with Crippen molar-refractivity contribution in [3.05, 3.63) is 0 Å². The maximum atomic E-state index is 14.2. The van der Waals surface area contributed by atoms with E-state index in [2.05, 4.69) is 0 Å². The SMILES string of the molecule is C.C.CC[C@H]1OC(=O)[C@H](C)[C@@H](O[C@H]2C[C@@](C)(OC)[C@@H](O)[C@H](C)O2)[C@H](C)[C@@H](O[C@@H]2O[C@H](C)C[C@H](N(C)C)[C@H]2O)[C@](C)(O)C[C@@H](C)CN(C)[C@H](C)[C@@H](O)[C@]1(C)O.O.O=C(O)C[C@H](O)C(=O)O. The lowest BCUT2D eigenvalue weighted by Gasteiger charge is -2.48. The lowest BCUT2D eigenvalue weighted by Crippen LogP contribution is -2.60. The van der Waals surface area contributed by atoms with Gasteiger partial charge in [-0.05, 0) is 94.8 Å². The number of carboxylic acid groups (broad SMARTS) is 2. The number of carboxylic acids is 2. The highest BCUT2D eigenvalue weighted by Gasteiger charge is 2.52. The number of cyclic esters (lactones) is 1. The molecule has 0 amide bonds. The van der Waals surface area contributed by atoms with Crippen molar-refractivity contribution in [1.82, 2.24) is 9.80 Å². The van der Waals surface area contributed by atoms with Crippen LogP contribution in [0.25, 0.3) is 0 Å². The van der Waals surface area contributed by atoms with E-state index in [9.17, 15) is 39.9 Å². The van der Waals surface area contributed by atoms with Crippen LogP contribution in [-0.2, 0) is 42.8 Å². The Morgan fingerprint density at radius 3 is 1.97 bits per heavy atom. The molecule has 0 aromatic carbocycles. The number of aliphatic hydroxyl groups is 6. The summed E-state index contributed by atoms with van der Waals surface area (Å²) in [4.78, 5) is 37.5. The van der Waals surface area contributed by atoms with Crippen molar-refractivity contribution in [1.29, 1.82) is 0 Å². The van der Waals surface area contributed by atoms with Crippen LogP contribution in [-0.4, -0.2) is 205 Å². The number of hydrogen-bond donors (Lipinski definition) is 8. The Morgan fingerprint density at radius 2 is 1.50 bits per heavy atom. The highest BCUT2D eigenvalue weighted by molar-refractivity contribution is 5.79. The molecule has 20 nitrogen and oxygen atoms in total. The fraction of sp³-hybridized carbons (Fsp3) is 0.932. The average Bonchev–Trinajstić information content (AvgIpc) is 3.15. The summed E-state index contributed by atoms with van der Waals surface area (Å²) < 4.78 is 37.5. The lowest BCUT2D eigenvalue weighted by atomic mass is 9.77. The second-order valence-corrected chi connectivity index (χ2v) is 18.6. The predicted molar refractivity (Wildman–Crippen MR) is 237 cm³/mol. The molecule has 0 spiro atoms. The van der Waals surface area contributed by atoms with E-state index in [0.717, 1.165) is 0 Å². The van der Waals surface area contributed by atoms with Gasteiger partial charge in [-0.1, -0.05) is 35.6 Å². The van der Waals surface area contributed by atoms with Gasteiger partial charge in [0.15, 0.2) is 18.7 Å². The van der Waals surface area contributed by atoms with Crippen LogP contribution in [0.1, 0.15) is 116 Å². The van der Waals surface area contributed by atoms with E-state index < -0.39 is 120 Å². The van der Waals surface area contributed by atoms with Crippen LogP contribution in [0.4, 0.5) is 0 Å². The van der Waals surface area contributed by atoms with Gasteiger partial charge in [0.05, 0.1) is 48.0 Å². The van der Waals surface area contributed by atoms with Crippen molar-refractivity contribution >= 4 is 17.9 Å². The van der Waals surface area contributed by atoms with Crippen LogP contribution in [0.5, 0.6) is 0 Å². The van der Waals surface area contributed by atoms with Gasteiger partial charge in [-0.15, -0.1) is 0 Å². The summed E-state index contributed by atoms with van der Waals surface area (Å²) in [6.45, 7) is 18.0. The molecule has 0 bridgehead atoms. The van der Waals surface area contributed by atoms with E-state index in [1.807, 2.05) is 51.7 Å². The molecule has 0 aromatic rings. The van der Waals surface area contributed by atoms with Gasteiger partial charge in [-0.2, -0.15) is 0 Å². The monoisotopic (exact) mass is 933 g/mol. The summed E-state index contributed by atoms with van der Waals surface area (Å²) in [5.41, 5.74) is -4.37. The first-order valence-corrected chi connectivity index (χ1v) is 21.3. The number of esters is 1. The van der Waals surface area contributed by atoms with Gasteiger partial charge in [-0.3, -0.25) is 9.59 Å². The molecular weight excluding hydrogens is 844 g/mol. The summed E-state index contributed by atoms with van der Waals surface area (Å²) in [7, 11) is 7.12. The summed E-state index contributed by atoms with van der Waals surface area (Å²) in [5, 5.41) is 82.3. The fourth-order valence-electron chi connectivity index (χ4n) is 8.99. The normalized spacial score (nSPS) is 42.1. The van der Waals surface area contributed by atoms with Gasteiger partial charge in [0.2, 0.25) is 0 Å². The van der Waals surface area contributed by atoms with Crippen molar-refractivity contribution in [3.8, 4) is 0 Å². The van der Waals surface area contributed by atoms with E-state index in [0.29, 0.717) is 13.0 Å². The van der Waals surface area contributed by atoms with Crippen LogP contribution in [0.3, 0.4) is 0 Å². The average molecular weight is 933 g/mol. The maximum absolute atomic E-state index is 14.2. The number of rotatable bonds is 10. The van der Waals surface area contributed by atoms with Gasteiger partial charge < -0.3 is 84.5 Å². The first-order chi connectivity index (χ1) is 27.9. The van der Waals surface area contributed by atoms with Gasteiger partial charge >= 0.3 is 17.9 Å². The number of ether oxygens (including phenoxy) is 6. The van der Waals surface area contributed by atoms with E-state index >= 15 is 0 Å². The zero-order valence-corrected chi connectivity index (χ0v) is 39.1. The highest BCUT2D eigenvalue weighted by atomic mass is 16.7. The number of carbonyl (C=O) groups is 3. The van der Waals surface area contributed by atoms with Crippen molar-refractivity contribution in [2.75, 3.05) is 34.8 Å². The van der Waals surface area contributed by atoms with Crippen LogP contribution in [0.15, 0.2) is 0 Å². The molecule has 20 heteroatoms. The highest BCUT2D eigenvalue weighted by Crippen LogP contribution is 2.40. The fourth-order valence-corrected chi connectivity index (χ4v) is 8.99. The van der Waals surface area contributed by atoms with Crippen molar-refractivity contribution in [2.45, 2.75) is 213 Å². The molecule has 0 aliphatic carbocycles. The number of aliphatic hydroxyl groups excluding tert-OH is 4. The van der Waals surface area contributed by atoms with E-state index in [4.69, 9.17) is 43.7 Å². The Kier molecular flexibility index (Phi) is 26.4. The zero-order valence-electron chi connectivity index (χ0n) is 39.1. The van der Waals surface area contributed by atoms with Crippen molar-refractivity contribution in [2.24, 2.45) is 17.8 Å². The molecule has 64 heavy (non-hydrogen) atoms. The van der Waals surface area contributed by atoms with Crippen molar-refractivity contribution < 1.29 is 89.1 Å². The van der Waals surface area contributed by atoms with Crippen LogP contribution >= 0.6 is 0 Å². The van der Waals surface area contributed by atoms with Crippen molar-refractivity contribution in [3.63, 3.8) is 0 Å². The number of nitrogens with zero attached hydrogens (tertiary/aromatic N) is 2. The van der Waals surface area contributed by atoms with E-state index in [1.165, 1.54) is 14.0 Å². The number of hydrogen-bond acceptors (Lipinski definition) is 17. The first kappa shape index (κ1) is 63.9. The lowest BCUT2D eigenvalue weighted by molar-refractivity contribution is -0.318. The largest absolute Gasteiger partial charge is 0.481 e. The maximum Gasteiger partial charge on any atom is 0.333 e. The van der Waals surface area contributed by atoms with Gasteiger partial charge in [0, 0.05) is 38.1 Å². The summed E-state index contributed by atoms with van der Waals surface area (Å²) in [6.07, 6.45) is -10.7. The minimum absolute atomic E-state index is 0. The molecule has 0 unspecified atom stereocenters. The molecule has 3 heterocycles. The molecular formula is C44H88N2O18. The molecule has 3 fully saturated rings. The third-order valence-corrected chi connectivity index (χ3v) is 12.9. The standard InChI is InChI=1S/C38H72N2O12.C4H6O5.2CH4.H2O/c1-15-27-38(10,46)31(42)24(6)40(13)19-20(2)17-36(8,45)33(52-35-29(41)26(39(11)12)16-21(3)48-35)22(4)30(23(5)34(44)50-27)51-28-18-37(9,47-14)32(43)25(7)49-28;5-2(4(8)9)1-3(6)7;;;/h20-33,35,41-43,45-46H,15-19H2,1-14H3;2,5H,1H2,(H,6,7)(H,8,9);2*1H4;1H2/t20-,21-,22+,23-,24-,25+,26+,27-,28+,29-,30+,31-,32+,33-,35+,36-,37-,38-;2-;;;/m10.../s1. The minimum atomic E-state index is -1.80. The van der Waals surface area contributed by atoms with E-state index in [-0.39, 0.29) is 57.7 Å². The number of methoxy groups -OCH3 is 1. The molecule has 0 radical (unpaired) electrons. The van der Waals surface area contributed by atoms with Crippen LogP contribution in [0, 0.1) is 17.8 Å². The molecule has 0 aromatic heterocycles. The topological polar surface area (TPSA) is 306 Å². The molecule has 19 atom stereocenters. The number of aliphatic carboxylic acids is 2. The van der Waals surface area contributed by atoms with Gasteiger partial charge in [0.1, 0.15) is 30.0 Å². The summed E-state index contributed by atoms with van der Waals surface area (Å²) in [6, 6.07) is -0.808. The Morgan fingerprint density at radius 1 is 0.938 bits per heavy atom. The zero-order chi connectivity index (χ0) is 47.1. The predicted octanol–water partition coefficient (Wildman–Crippen LogP) is 1.25. The Hall–Kier alpha value is -2.15. The first-order valence-electron chi connectivity index (χ1n) is 21.3. The number of carbonyl (C=O) groups excluding carboxylic acids is 1. The molecule has 3 aliphatic rings. The Bertz CT molecular complexity index is 1410. The Balaban J connectivity index is 0. The summed E-state index contributed by atoms with van der Waals surface area (Å²) >= 11 is 0. The smallest absolute Gasteiger partial charge is 0.333 e. The second-order valence-electron chi connectivity index (χ2n) is 18.6. The third kappa shape index (κ3) is 16.3. The minimum Gasteiger partial charge on any atom is -0.481 e. The Labute approximate surface area is 381 Å². The quantitative estimate of drug-likeness (QED) is 0.143. The van der Waals surface area contributed by atoms with Gasteiger partial charge in [-0.25, -0.2) is 4.79 Å². The van der Waals surface area contributed by atoms with Crippen LogP contribution in [0.2, 0.25) is 0 Å². The van der Waals surface area contributed by atoms with Gasteiger partial charge in [0.25, 0.3) is 0 Å². The number of likely N-dealkylation sites (N-methyl/N-ethyl adjacent to an activating group) is 2. The van der Waals surface area contributed by atoms with E-state index in [1.54, 1.807) is 41.5 Å².